The minimum absolute atomic E-state index is 0.144. The van der Waals surface area contributed by atoms with Crippen LogP contribution in [0.1, 0.15) is 60.5 Å². The monoisotopic (exact) mass is 292 g/mol. The van der Waals surface area contributed by atoms with Crippen LogP contribution in [0.15, 0.2) is 24.3 Å². The molecule has 0 saturated carbocycles. The summed E-state index contributed by atoms with van der Waals surface area (Å²) in [5.41, 5.74) is 1.64. The van der Waals surface area contributed by atoms with E-state index in [1.165, 1.54) is 5.56 Å². The highest BCUT2D eigenvalue weighted by molar-refractivity contribution is 5.27. The Morgan fingerprint density at radius 2 is 1.48 bits per heavy atom. The van der Waals surface area contributed by atoms with Crippen LogP contribution in [0.25, 0.3) is 0 Å². The summed E-state index contributed by atoms with van der Waals surface area (Å²) in [4.78, 5) is 0. The Labute approximate surface area is 130 Å². The molecule has 1 aromatic carbocycles. The highest BCUT2D eigenvalue weighted by Gasteiger charge is 2.23. The maximum atomic E-state index is 6.06. The van der Waals surface area contributed by atoms with E-state index in [1.54, 1.807) is 0 Å². The fourth-order valence-corrected chi connectivity index (χ4v) is 1.93. The van der Waals surface area contributed by atoms with Gasteiger partial charge in [-0.25, -0.2) is 0 Å². The standard InChI is InChI=1S/C19H32O2/c1-8-15-9-11-16(12-10-15)21-17(13-18(2,3)4)20-14-19(5,6)7/h9-12,17H,8,13-14H2,1-7H3. The third kappa shape index (κ3) is 8.11. The summed E-state index contributed by atoms with van der Waals surface area (Å²) in [7, 11) is 0. The summed E-state index contributed by atoms with van der Waals surface area (Å²) in [6.07, 6.45) is 1.72. The number of hydrogen-bond donors (Lipinski definition) is 0. The maximum absolute atomic E-state index is 6.06. The van der Waals surface area contributed by atoms with Crippen molar-refractivity contribution in [2.24, 2.45) is 10.8 Å². The summed E-state index contributed by atoms with van der Waals surface area (Å²) in [6.45, 7) is 16.0. The second-order valence-electron chi connectivity index (χ2n) is 8.18. The number of ether oxygens (including phenoxy) is 2. The van der Waals surface area contributed by atoms with Gasteiger partial charge >= 0.3 is 0 Å². The van der Waals surface area contributed by atoms with Gasteiger partial charge in [-0.05, 0) is 34.9 Å². The van der Waals surface area contributed by atoms with Crippen LogP contribution >= 0.6 is 0 Å². The summed E-state index contributed by atoms with van der Waals surface area (Å²) in [6, 6.07) is 8.31. The van der Waals surface area contributed by atoms with E-state index in [2.05, 4.69) is 60.6 Å². The lowest BCUT2D eigenvalue weighted by atomic mass is 9.92. The zero-order chi connectivity index (χ0) is 16.1. The van der Waals surface area contributed by atoms with Crippen LogP contribution in [0.3, 0.4) is 0 Å². The van der Waals surface area contributed by atoms with Gasteiger partial charge in [-0.1, -0.05) is 60.6 Å². The first-order valence-corrected chi connectivity index (χ1v) is 7.96. The molecule has 0 aromatic heterocycles. The second-order valence-corrected chi connectivity index (χ2v) is 8.18. The van der Waals surface area contributed by atoms with E-state index in [0.29, 0.717) is 6.61 Å². The van der Waals surface area contributed by atoms with E-state index in [4.69, 9.17) is 9.47 Å². The van der Waals surface area contributed by atoms with Gasteiger partial charge in [-0.2, -0.15) is 0 Å². The van der Waals surface area contributed by atoms with Crippen LogP contribution in [-0.4, -0.2) is 12.9 Å². The fourth-order valence-electron chi connectivity index (χ4n) is 1.93. The number of benzene rings is 1. The molecule has 0 aliphatic heterocycles. The molecule has 2 heteroatoms. The van der Waals surface area contributed by atoms with Crippen molar-refractivity contribution < 1.29 is 9.47 Å². The Bertz CT molecular complexity index is 407. The molecule has 2 nitrogen and oxygen atoms in total. The highest BCUT2D eigenvalue weighted by atomic mass is 16.7. The predicted octanol–water partition coefficient (Wildman–Crippen LogP) is 5.45. The molecule has 120 valence electrons. The lowest BCUT2D eigenvalue weighted by Gasteiger charge is -2.29. The third-order valence-corrected chi connectivity index (χ3v) is 3.08. The van der Waals surface area contributed by atoms with Gasteiger partial charge in [0, 0.05) is 6.42 Å². The number of hydrogen-bond acceptors (Lipinski definition) is 2. The SMILES string of the molecule is CCc1ccc(OC(CC(C)(C)C)OCC(C)(C)C)cc1. The quantitative estimate of drug-likeness (QED) is 0.649. The van der Waals surface area contributed by atoms with Gasteiger partial charge in [-0.15, -0.1) is 0 Å². The normalized spacial score (nSPS) is 14.0. The smallest absolute Gasteiger partial charge is 0.200 e. The first-order chi connectivity index (χ1) is 9.59. The van der Waals surface area contributed by atoms with Gasteiger partial charge in [0.05, 0.1) is 6.61 Å². The number of rotatable bonds is 6. The van der Waals surface area contributed by atoms with Crippen LogP contribution in [0.5, 0.6) is 5.75 Å². The van der Waals surface area contributed by atoms with Crippen molar-refractivity contribution in [2.45, 2.75) is 67.6 Å². The average Bonchev–Trinajstić information content (AvgIpc) is 2.34. The molecule has 0 fully saturated rings. The lowest BCUT2D eigenvalue weighted by Crippen LogP contribution is -2.30. The molecule has 0 saturated heterocycles. The van der Waals surface area contributed by atoms with Crippen molar-refractivity contribution in [3.05, 3.63) is 29.8 Å². The van der Waals surface area contributed by atoms with E-state index in [1.807, 2.05) is 12.1 Å². The molecule has 0 aliphatic rings. The van der Waals surface area contributed by atoms with E-state index in [0.717, 1.165) is 18.6 Å². The summed E-state index contributed by atoms with van der Waals surface area (Å²) >= 11 is 0. The molecule has 0 heterocycles. The Morgan fingerprint density at radius 3 is 1.90 bits per heavy atom. The lowest BCUT2D eigenvalue weighted by molar-refractivity contribution is -0.118. The van der Waals surface area contributed by atoms with Crippen molar-refractivity contribution in [1.82, 2.24) is 0 Å². The van der Waals surface area contributed by atoms with Crippen molar-refractivity contribution in [1.29, 1.82) is 0 Å². The van der Waals surface area contributed by atoms with E-state index in [-0.39, 0.29) is 17.1 Å². The van der Waals surface area contributed by atoms with Crippen LogP contribution in [0.2, 0.25) is 0 Å². The molecule has 1 rings (SSSR count). The minimum Gasteiger partial charge on any atom is -0.465 e. The van der Waals surface area contributed by atoms with Gasteiger partial charge < -0.3 is 9.47 Å². The van der Waals surface area contributed by atoms with Gasteiger partial charge in [0.15, 0.2) is 6.29 Å². The van der Waals surface area contributed by atoms with Crippen molar-refractivity contribution in [2.75, 3.05) is 6.61 Å². The Morgan fingerprint density at radius 1 is 0.905 bits per heavy atom. The van der Waals surface area contributed by atoms with Crippen molar-refractivity contribution >= 4 is 0 Å². The van der Waals surface area contributed by atoms with E-state index < -0.39 is 0 Å². The topological polar surface area (TPSA) is 18.5 Å². The molecule has 0 bridgehead atoms. The van der Waals surface area contributed by atoms with Crippen LogP contribution in [-0.2, 0) is 11.2 Å². The van der Waals surface area contributed by atoms with Crippen molar-refractivity contribution in [3.8, 4) is 5.75 Å². The second kappa shape index (κ2) is 7.31. The average molecular weight is 292 g/mol. The Kier molecular flexibility index (Phi) is 6.27. The molecule has 1 atom stereocenters. The summed E-state index contributed by atoms with van der Waals surface area (Å²) in [5, 5.41) is 0. The molecule has 0 spiro atoms. The van der Waals surface area contributed by atoms with Crippen molar-refractivity contribution in [3.63, 3.8) is 0 Å². The molecule has 0 amide bonds. The van der Waals surface area contributed by atoms with Gasteiger partial charge in [0.1, 0.15) is 5.75 Å². The third-order valence-electron chi connectivity index (χ3n) is 3.08. The van der Waals surface area contributed by atoms with Gasteiger partial charge in [-0.3, -0.25) is 0 Å². The maximum Gasteiger partial charge on any atom is 0.200 e. The molecular weight excluding hydrogens is 260 g/mol. The van der Waals surface area contributed by atoms with Crippen LogP contribution < -0.4 is 4.74 Å². The largest absolute Gasteiger partial charge is 0.465 e. The molecule has 0 radical (unpaired) electrons. The van der Waals surface area contributed by atoms with Gasteiger partial charge in [0.2, 0.25) is 0 Å². The molecule has 1 unspecified atom stereocenters. The molecular formula is C19H32O2. The highest BCUT2D eigenvalue weighted by Crippen LogP contribution is 2.26. The van der Waals surface area contributed by atoms with E-state index in [9.17, 15) is 0 Å². The first-order valence-electron chi connectivity index (χ1n) is 7.96. The summed E-state index contributed by atoms with van der Waals surface area (Å²) in [5.74, 6) is 0.885. The molecule has 21 heavy (non-hydrogen) atoms. The van der Waals surface area contributed by atoms with Crippen LogP contribution in [0, 0.1) is 10.8 Å². The van der Waals surface area contributed by atoms with Crippen LogP contribution in [0.4, 0.5) is 0 Å². The Hall–Kier alpha value is -1.02. The minimum atomic E-state index is -0.197. The molecule has 0 aliphatic carbocycles. The predicted molar refractivity (Wildman–Crippen MR) is 89.7 cm³/mol. The van der Waals surface area contributed by atoms with E-state index >= 15 is 0 Å². The summed E-state index contributed by atoms with van der Waals surface area (Å²) < 4.78 is 12.1. The zero-order valence-electron chi connectivity index (χ0n) is 14.8. The molecule has 1 aromatic rings. The fraction of sp³-hybridized carbons (Fsp3) is 0.684. The zero-order valence-corrected chi connectivity index (χ0v) is 14.8. The van der Waals surface area contributed by atoms with Gasteiger partial charge in [0.25, 0.3) is 0 Å². The number of aryl methyl sites for hydroxylation is 1. The first kappa shape index (κ1) is 18.0. The Balaban J connectivity index is 2.70. The molecule has 0 N–H and O–H groups in total.